The molecule has 0 aliphatic heterocycles. The van der Waals surface area contributed by atoms with Gasteiger partial charge in [-0.1, -0.05) is 19.8 Å². The Labute approximate surface area is 160 Å². The van der Waals surface area contributed by atoms with Crippen LogP contribution in [0.4, 0.5) is 0 Å². The van der Waals surface area contributed by atoms with Crippen LogP contribution in [-0.2, 0) is 23.3 Å². The summed E-state index contributed by atoms with van der Waals surface area (Å²) in [6.45, 7) is 6.79. The minimum Gasteiger partial charge on any atom is -0.273 e. The molecule has 2 rings (SSSR count). The number of rotatable bonds is 8. The summed E-state index contributed by atoms with van der Waals surface area (Å²) in [5.74, 6) is 0. The Hall–Kier alpha value is 0.0600. The number of hydrogen-bond donors (Lipinski definition) is 0. The number of unbranched alkanes of at least 4 members (excludes halogenated alkanes) is 2. The van der Waals surface area contributed by atoms with Crippen molar-refractivity contribution in [2.45, 2.75) is 84.2 Å². The second-order valence-corrected chi connectivity index (χ2v) is 13.3. The molecule has 0 heterocycles. The van der Waals surface area contributed by atoms with Gasteiger partial charge >= 0.3 is 80.4 Å². The van der Waals surface area contributed by atoms with Gasteiger partial charge in [-0.2, -0.15) is 12.2 Å². The van der Waals surface area contributed by atoms with E-state index >= 15 is 0 Å². The van der Waals surface area contributed by atoms with E-state index < -0.39 is 0 Å². The van der Waals surface area contributed by atoms with Crippen molar-refractivity contribution < 1.29 is 23.3 Å². The molecular weight excluding hydrogens is 372 g/mol. The standard InChI is InChI=1S/C8H18Si.C8H11.C5H5.Zr/c1-3-5-7-9-8-6-4-2;1-2-5-8-6-3-4-7-8;1-2-4-5-3-1;/h3-8H2,1-2H3;6-7H,2-3,5H2,1H3;1-3H,4H2;/q;2*-1;+2. The summed E-state index contributed by atoms with van der Waals surface area (Å²) in [7, 11) is 0. The molecule has 2 aliphatic rings. The average molecular weight is 406 g/mol. The molecule has 0 saturated heterocycles. The maximum absolute atomic E-state index is 3.14. The summed E-state index contributed by atoms with van der Waals surface area (Å²) in [6, 6.07) is 3.17. The van der Waals surface area contributed by atoms with Crippen LogP contribution < -0.4 is 0 Å². The van der Waals surface area contributed by atoms with Crippen LogP contribution in [-0.4, -0.2) is 5.43 Å². The summed E-state index contributed by atoms with van der Waals surface area (Å²) >= 11 is 1.86. The van der Waals surface area contributed by atoms with E-state index in [0.29, 0.717) is 0 Å². The second kappa shape index (κ2) is 18.4. The van der Waals surface area contributed by atoms with Crippen molar-refractivity contribution in [1.29, 1.82) is 0 Å². The van der Waals surface area contributed by atoms with Crippen LogP contribution in [0.2, 0.25) is 12.1 Å². The van der Waals surface area contributed by atoms with Gasteiger partial charge in [-0.3, -0.25) is 12.2 Å². The molecule has 2 heteroatoms. The summed E-state index contributed by atoms with van der Waals surface area (Å²) in [5, 5.41) is 0. The van der Waals surface area contributed by atoms with Crippen molar-refractivity contribution in [2.75, 3.05) is 0 Å². The van der Waals surface area contributed by atoms with Gasteiger partial charge < -0.3 is 0 Å². The van der Waals surface area contributed by atoms with Crippen LogP contribution >= 0.6 is 0 Å². The third kappa shape index (κ3) is 16.7. The van der Waals surface area contributed by atoms with Crippen molar-refractivity contribution in [3.05, 3.63) is 48.1 Å². The zero-order valence-corrected chi connectivity index (χ0v) is 18.9. The molecule has 0 aromatic heterocycles. The molecule has 2 aliphatic carbocycles. The molecule has 0 amide bonds. The first-order chi connectivity index (χ1) is 11.2. The van der Waals surface area contributed by atoms with Gasteiger partial charge in [-0.15, -0.1) is 12.8 Å². The van der Waals surface area contributed by atoms with E-state index in [1.54, 1.807) is 12.1 Å². The van der Waals surface area contributed by atoms with Gasteiger partial charge in [-0.25, -0.2) is 23.8 Å². The van der Waals surface area contributed by atoms with E-state index in [9.17, 15) is 0 Å². The zero-order chi connectivity index (χ0) is 17.2. The minimum absolute atomic E-state index is 0.175. The minimum atomic E-state index is 0.175. The van der Waals surface area contributed by atoms with E-state index in [-0.39, 0.29) is 5.43 Å². The monoisotopic (exact) mass is 404 g/mol. The van der Waals surface area contributed by atoms with E-state index in [1.165, 1.54) is 44.1 Å². The first kappa shape index (κ1) is 23.1. The van der Waals surface area contributed by atoms with Crippen molar-refractivity contribution in [1.82, 2.24) is 0 Å². The molecule has 0 nitrogen and oxygen atoms in total. The fourth-order valence-electron chi connectivity index (χ4n) is 2.15. The van der Waals surface area contributed by atoms with Crippen LogP contribution in [0.1, 0.15) is 72.1 Å². The Morgan fingerprint density at radius 2 is 1.70 bits per heavy atom. The van der Waals surface area contributed by atoms with E-state index in [0.717, 1.165) is 12.8 Å². The van der Waals surface area contributed by atoms with Gasteiger partial charge in [0, 0.05) is 0 Å². The maximum atomic E-state index is 3.14. The molecule has 0 spiro atoms. The molecule has 0 radical (unpaired) electrons. The van der Waals surface area contributed by atoms with Crippen LogP contribution in [0.3, 0.4) is 0 Å². The van der Waals surface area contributed by atoms with Gasteiger partial charge in [0.2, 0.25) is 0 Å². The van der Waals surface area contributed by atoms with Crippen molar-refractivity contribution >= 4 is 5.43 Å². The Bertz CT molecular complexity index is 382. The van der Waals surface area contributed by atoms with E-state index in [1.807, 2.05) is 35.5 Å². The number of allylic oxidation sites excluding steroid dienone is 8. The fraction of sp³-hybridized carbons (Fsp3) is 0.619. The van der Waals surface area contributed by atoms with Gasteiger partial charge in [0.1, 0.15) is 0 Å². The molecular formula is C21H34SiZr. The molecule has 0 saturated carbocycles. The third-order valence-corrected chi connectivity index (χ3v) is 9.16. The summed E-state index contributed by atoms with van der Waals surface area (Å²) in [6.07, 6.45) is 26.8. The van der Waals surface area contributed by atoms with Crippen LogP contribution in [0.25, 0.3) is 0 Å². The molecule has 0 unspecified atom stereocenters. The average Bonchev–Trinajstić information content (AvgIpc) is 3.27. The zero-order valence-electron chi connectivity index (χ0n) is 15.5. The third-order valence-electron chi connectivity index (χ3n) is 3.56. The second-order valence-electron chi connectivity index (χ2n) is 5.90. The summed E-state index contributed by atoms with van der Waals surface area (Å²) in [5.41, 5.74) is 1.64. The smallest absolute Gasteiger partial charge is 0.109 e. The van der Waals surface area contributed by atoms with E-state index in [2.05, 4.69) is 51.2 Å². The molecule has 0 N–H and O–H groups in total. The number of hydrogen-bond acceptors (Lipinski definition) is 0. The predicted molar refractivity (Wildman–Crippen MR) is 102 cm³/mol. The summed E-state index contributed by atoms with van der Waals surface area (Å²) in [4.78, 5) is 0. The first-order valence-corrected chi connectivity index (χ1v) is 14.9. The SMILES string of the molecule is CCCC1=CC[C-]=C1.CCCC[Si](=[Zr+2])CCCC.[C-]1=CC=CC1. The largest absolute Gasteiger partial charge is 0.273 e. The van der Waals surface area contributed by atoms with Crippen LogP contribution in [0.5, 0.6) is 0 Å². The van der Waals surface area contributed by atoms with Crippen LogP contribution in [0.15, 0.2) is 36.0 Å². The Balaban J connectivity index is 0.000000331. The van der Waals surface area contributed by atoms with Gasteiger partial charge in [0.25, 0.3) is 0 Å². The van der Waals surface area contributed by atoms with Crippen LogP contribution in [0, 0.1) is 12.2 Å². The van der Waals surface area contributed by atoms with Gasteiger partial charge in [0.05, 0.1) is 0 Å². The molecule has 23 heavy (non-hydrogen) atoms. The fourth-order valence-corrected chi connectivity index (χ4v) is 6.57. The Morgan fingerprint density at radius 3 is 2.04 bits per heavy atom. The molecule has 0 fully saturated rings. The first-order valence-electron chi connectivity index (χ1n) is 9.28. The molecule has 0 atom stereocenters. The molecule has 0 aromatic rings. The molecule has 0 bridgehead atoms. The molecule has 126 valence electrons. The van der Waals surface area contributed by atoms with Crippen molar-refractivity contribution in [3.63, 3.8) is 0 Å². The Kier molecular flexibility index (Phi) is 18.4. The summed E-state index contributed by atoms with van der Waals surface area (Å²) < 4.78 is 0. The van der Waals surface area contributed by atoms with Gasteiger partial charge in [0.15, 0.2) is 0 Å². The van der Waals surface area contributed by atoms with E-state index in [4.69, 9.17) is 0 Å². The topological polar surface area (TPSA) is 0 Å². The van der Waals surface area contributed by atoms with Gasteiger partial charge in [-0.05, 0) is 0 Å². The van der Waals surface area contributed by atoms with Crippen molar-refractivity contribution in [3.8, 4) is 0 Å². The normalized spacial score (nSPS) is 14.0. The quantitative estimate of drug-likeness (QED) is 0.304. The Morgan fingerprint density at radius 1 is 1.00 bits per heavy atom. The maximum Gasteiger partial charge on any atom is -0.109 e. The molecule has 0 aromatic carbocycles. The predicted octanol–water partition coefficient (Wildman–Crippen LogP) is 6.91. The van der Waals surface area contributed by atoms with Crippen molar-refractivity contribution in [2.24, 2.45) is 0 Å².